The van der Waals surface area contributed by atoms with Crippen LogP contribution in [-0.4, -0.2) is 12.6 Å². The lowest BCUT2D eigenvalue weighted by molar-refractivity contribution is -0.145. The highest BCUT2D eigenvalue weighted by molar-refractivity contribution is 5.70. The highest BCUT2D eigenvalue weighted by atomic mass is 19.2. The zero-order valence-corrected chi connectivity index (χ0v) is 12.4. The van der Waals surface area contributed by atoms with Crippen molar-refractivity contribution >= 4 is 5.97 Å². The Morgan fingerprint density at radius 3 is 2.38 bits per heavy atom. The molecule has 1 unspecified atom stereocenters. The van der Waals surface area contributed by atoms with Gasteiger partial charge in [-0.25, -0.2) is 13.2 Å². The van der Waals surface area contributed by atoms with E-state index in [-0.39, 0.29) is 31.0 Å². The molecular weight excluding hydrogens is 283 g/mol. The summed E-state index contributed by atoms with van der Waals surface area (Å²) >= 11 is 0. The summed E-state index contributed by atoms with van der Waals surface area (Å²) in [4.78, 5) is 11.5. The maximum absolute atomic E-state index is 13.7. The van der Waals surface area contributed by atoms with Crippen LogP contribution in [0.4, 0.5) is 13.2 Å². The van der Waals surface area contributed by atoms with E-state index < -0.39 is 28.9 Å². The summed E-state index contributed by atoms with van der Waals surface area (Å²) in [5.74, 6) is -3.67. The average Bonchev–Trinajstić information content (AvgIpc) is 2.32. The first kappa shape index (κ1) is 17.5. The first-order chi connectivity index (χ1) is 9.66. The summed E-state index contributed by atoms with van der Waals surface area (Å²) in [6, 6.07) is 0.392. The number of hydrogen-bond donors (Lipinski definition) is 1. The van der Waals surface area contributed by atoms with E-state index >= 15 is 0 Å². The summed E-state index contributed by atoms with van der Waals surface area (Å²) in [6.07, 6.45) is 0.341. The van der Waals surface area contributed by atoms with Crippen molar-refractivity contribution in [3.05, 3.63) is 35.1 Å². The Morgan fingerprint density at radius 2 is 1.81 bits per heavy atom. The molecule has 2 N–H and O–H groups in total. The van der Waals surface area contributed by atoms with E-state index in [0.717, 1.165) is 6.07 Å². The molecule has 0 saturated carbocycles. The predicted octanol–water partition coefficient (Wildman–Crippen LogP) is 3.47. The molecule has 0 amide bonds. The molecule has 0 saturated heterocycles. The van der Waals surface area contributed by atoms with Gasteiger partial charge in [0.15, 0.2) is 11.6 Å². The van der Waals surface area contributed by atoms with Crippen molar-refractivity contribution in [3.63, 3.8) is 0 Å². The number of rotatable bonds is 6. The van der Waals surface area contributed by atoms with Crippen LogP contribution in [0.1, 0.15) is 45.2 Å². The minimum atomic E-state index is -1.26. The van der Waals surface area contributed by atoms with Crippen LogP contribution in [0.25, 0.3) is 0 Å². The summed E-state index contributed by atoms with van der Waals surface area (Å²) in [5.41, 5.74) is 5.21. The zero-order valence-electron chi connectivity index (χ0n) is 12.4. The van der Waals surface area contributed by atoms with E-state index in [4.69, 9.17) is 10.5 Å². The largest absolute Gasteiger partial charge is 0.466 e. The molecule has 0 aliphatic carbocycles. The minimum absolute atomic E-state index is 0.106. The molecule has 0 heterocycles. The van der Waals surface area contributed by atoms with Gasteiger partial charge >= 0.3 is 5.97 Å². The Kier molecular flexibility index (Phi) is 5.78. The third-order valence-electron chi connectivity index (χ3n) is 3.14. The molecule has 3 nitrogen and oxygen atoms in total. The normalized spacial score (nSPS) is 13.1. The number of carbonyl (C=O) groups is 1. The average molecular weight is 303 g/mol. The summed E-state index contributed by atoms with van der Waals surface area (Å²) in [6.45, 7) is 5.54. The lowest BCUT2D eigenvalue weighted by atomic mass is 9.81. The van der Waals surface area contributed by atoms with E-state index in [9.17, 15) is 18.0 Å². The van der Waals surface area contributed by atoms with Crippen LogP contribution < -0.4 is 5.73 Å². The van der Waals surface area contributed by atoms with Crippen LogP contribution in [0.15, 0.2) is 12.1 Å². The van der Waals surface area contributed by atoms with Gasteiger partial charge < -0.3 is 10.5 Å². The van der Waals surface area contributed by atoms with Gasteiger partial charge in [-0.3, -0.25) is 4.79 Å². The van der Waals surface area contributed by atoms with Gasteiger partial charge in [-0.2, -0.15) is 0 Å². The Morgan fingerprint density at radius 1 is 1.24 bits per heavy atom. The standard InChI is InChI=1S/C15H20F3NO2/c1-4-21-14(20)8-15(2,3)7-13(19)9-5-11(17)12(18)6-10(9)16/h5-6,13H,4,7-8,19H2,1-3H3. The van der Waals surface area contributed by atoms with Crippen molar-refractivity contribution < 1.29 is 22.7 Å². The van der Waals surface area contributed by atoms with Crippen molar-refractivity contribution in [1.29, 1.82) is 0 Å². The minimum Gasteiger partial charge on any atom is -0.466 e. The highest BCUT2D eigenvalue weighted by Crippen LogP contribution is 2.33. The number of ether oxygens (including phenoxy) is 1. The van der Waals surface area contributed by atoms with E-state index in [2.05, 4.69) is 0 Å². The molecule has 6 heteroatoms. The fourth-order valence-corrected chi connectivity index (χ4v) is 2.20. The molecule has 0 aliphatic heterocycles. The van der Waals surface area contributed by atoms with Gasteiger partial charge in [-0.15, -0.1) is 0 Å². The van der Waals surface area contributed by atoms with Gasteiger partial charge in [0.2, 0.25) is 0 Å². The van der Waals surface area contributed by atoms with Crippen molar-refractivity contribution in [2.24, 2.45) is 11.1 Å². The van der Waals surface area contributed by atoms with Crippen molar-refractivity contribution in [2.45, 2.75) is 39.7 Å². The maximum atomic E-state index is 13.7. The third-order valence-corrected chi connectivity index (χ3v) is 3.14. The highest BCUT2D eigenvalue weighted by Gasteiger charge is 2.27. The molecule has 0 fully saturated rings. The molecular formula is C15H20F3NO2. The summed E-state index contributed by atoms with van der Waals surface area (Å²) in [5, 5.41) is 0. The number of nitrogens with two attached hydrogens (primary N) is 1. The molecule has 1 aromatic rings. The first-order valence-corrected chi connectivity index (χ1v) is 6.72. The van der Waals surface area contributed by atoms with Gasteiger partial charge in [-0.1, -0.05) is 13.8 Å². The van der Waals surface area contributed by atoms with Crippen LogP contribution >= 0.6 is 0 Å². The number of esters is 1. The molecule has 1 atom stereocenters. The lowest BCUT2D eigenvalue weighted by Crippen LogP contribution is -2.25. The quantitative estimate of drug-likeness (QED) is 0.646. The van der Waals surface area contributed by atoms with E-state index in [1.165, 1.54) is 0 Å². The maximum Gasteiger partial charge on any atom is 0.306 e. The summed E-state index contributed by atoms with van der Waals surface area (Å²) in [7, 11) is 0. The SMILES string of the molecule is CCOC(=O)CC(C)(C)CC(N)c1cc(F)c(F)cc1F. The van der Waals surface area contributed by atoms with Gasteiger partial charge in [0.05, 0.1) is 13.0 Å². The first-order valence-electron chi connectivity index (χ1n) is 6.72. The van der Waals surface area contributed by atoms with Crippen molar-refractivity contribution in [3.8, 4) is 0 Å². The second-order valence-corrected chi connectivity index (χ2v) is 5.74. The predicted molar refractivity (Wildman–Crippen MR) is 72.9 cm³/mol. The Balaban J connectivity index is 2.82. The Bertz CT molecular complexity index is 518. The van der Waals surface area contributed by atoms with Crippen LogP contribution in [0.5, 0.6) is 0 Å². The summed E-state index contributed by atoms with van der Waals surface area (Å²) < 4.78 is 44.6. The van der Waals surface area contributed by atoms with Gasteiger partial charge in [0, 0.05) is 17.7 Å². The molecule has 1 aromatic carbocycles. The molecule has 0 radical (unpaired) electrons. The van der Waals surface area contributed by atoms with Gasteiger partial charge in [0.25, 0.3) is 0 Å². The smallest absolute Gasteiger partial charge is 0.306 e. The van der Waals surface area contributed by atoms with Crippen molar-refractivity contribution in [2.75, 3.05) is 6.61 Å². The fourth-order valence-electron chi connectivity index (χ4n) is 2.20. The van der Waals surface area contributed by atoms with Crippen molar-refractivity contribution in [1.82, 2.24) is 0 Å². The zero-order chi connectivity index (χ0) is 16.2. The Labute approximate surface area is 122 Å². The van der Waals surface area contributed by atoms with E-state index in [1.54, 1.807) is 20.8 Å². The Hall–Kier alpha value is -1.56. The van der Waals surface area contributed by atoms with Crippen LogP contribution in [0, 0.1) is 22.9 Å². The van der Waals surface area contributed by atoms with Crippen LogP contribution in [0.3, 0.4) is 0 Å². The third kappa shape index (κ3) is 5.04. The molecule has 0 spiro atoms. The number of benzene rings is 1. The second-order valence-electron chi connectivity index (χ2n) is 5.74. The van der Waals surface area contributed by atoms with E-state index in [0.29, 0.717) is 6.07 Å². The van der Waals surface area contributed by atoms with Gasteiger partial charge in [-0.05, 0) is 24.8 Å². The topological polar surface area (TPSA) is 52.3 Å². The molecule has 21 heavy (non-hydrogen) atoms. The van der Waals surface area contributed by atoms with Crippen LogP contribution in [0.2, 0.25) is 0 Å². The second kappa shape index (κ2) is 6.93. The number of hydrogen-bond acceptors (Lipinski definition) is 3. The molecule has 1 rings (SSSR count). The van der Waals surface area contributed by atoms with Crippen LogP contribution in [-0.2, 0) is 9.53 Å². The number of halogens is 3. The lowest BCUT2D eigenvalue weighted by Gasteiger charge is -2.27. The molecule has 0 bridgehead atoms. The molecule has 0 aromatic heterocycles. The van der Waals surface area contributed by atoms with Gasteiger partial charge in [0.1, 0.15) is 5.82 Å². The van der Waals surface area contributed by atoms with E-state index in [1.807, 2.05) is 0 Å². The molecule has 118 valence electrons. The number of carbonyl (C=O) groups excluding carboxylic acids is 1. The monoisotopic (exact) mass is 303 g/mol. The fraction of sp³-hybridized carbons (Fsp3) is 0.533. The molecule has 0 aliphatic rings.